The first-order valence-electron chi connectivity index (χ1n) is 9.31. The van der Waals surface area contributed by atoms with Crippen LogP contribution in [0.5, 0.6) is 0 Å². The number of rotatable bonds is 3. The van der Waals surface area contributed by atoms with Crippen LogP contribution in [0.1, 0.15) is 62.5 Å². The van der Waals surface area contributed by atoms with Crippen LogP contribution in [0.25, 0.3) is 0 Å². The molecule has 1 fully saturated rings. The minimum Gasteiger partial charge on any atom is -0.390 e. The van der Waals surface area contributed by atoms with E-state index in [1.807, 2.05) is 10.9 Å². The lowest BCUT2D eigenvalue weighted by Crippen LogP contribution is -2.39. The molecule has 140 valence electrons. The fraction of sp³-hybridized carbons (Fsp3) is 0.667. The molecule has 1 atom stereocenters. The fourth-order valence-corrected chi connectivity index (χ4v) is 4.41. The normalized spacial score (nSPS) is 22.3. The second-order valence-corrected chi connectivity index (χ2v) is 8.31. The van der Waals surface area contributed by atoms with Crippen molar-refractivity contribution in [3.05, 3.63) is 28.4 Å². The number of aliphatic hydroxyl groups is 1. The number of piperidine rings is 1. The molecule has 0 aromatic carbocycles. The highest BCUT2D eigenvalue weighted by Crippen LogP contribution is 2.40. The summed E-state index contributed by atoms with van der Waals surface area (Å²) < 4.78 is 1.87. The summed E-state index contributed by atoms with van der Waals surface area (Å²) in [4.78, 5) is 11.5. The molecule has 0 amide bonds. The predicted molar refractivity (Wildman–Crippen MR) is 99.4 cm³/mol. The first kappa shape index (κ1) is 17.7. The summed E-state index contributed by atoms with van der Waals surface area (Å²) in [5.41, 5.74) is 2.99. The number of fused-ring (bicyclic) bond motifs is 1. The predicted octanol–water partition coefficient (Wildman–Crippen LogP) is 2.67. The molecule has 4 rings (SSSR count). The van der Waals surface area contributed by atoms with Gasteiger partial charge in [0, 0.05) is 24.1 Å². The van der Waals surface area contributed by atoms with E-state index in [9.17, 15) is 5.11 Å². The van der Waals surface area contributed by atoms with Gasteiger partial charge in [-0.3, -0.25) is 0 Å². The maximum absolute atomic E-state index is 9.23. The number of aromatic nitrogens is 5. The first-order valence-corrected chi connectivity index (χ1v) is 9.69. The van der Waals surface area contributed by atoms with Crippen LogP contribution in [0.3, 0.4) is 0 Å². The molecule has 26 heavy (non-hydrogen) atoms. The minimum absolute atomic E-state index is 0.0338. The molecular weight excluding hydrogens is 352 g/mol. The van der Waals surface area contributed by atoms with E-state index in [1.165, 1.54) is 5.56 Å². The Morgan fingerprint density at radius 3 is 2.92 bits per heavy atom. The average molecular weight is 377 g/mol. The number of halogens is 1. The maximum atomic E-state index is 9.23. The second kappa shape index (κ2) is 6.78. The Morgan fingerprint density at radius 1 is 1.31 bits per heavy atom. The summed E-state index contributed by atoms with van der Waals surface area (Å²) in [6.07, 6.45) is 7.20. The van der Waals surface area contributed by atoms with Gasteiger partial charge in [-0.2, -0.15) is 0 Å². The Morgan fingerprint density at radius 2 is 2.15 bits per heavy atom. The van der Waals surface area contributed by atoms with Crippen molar-refractivity contribution in [2.75, 3.05) is 18.0 Å². The van der Waals surface area contributed by atoms with Crippen LogP contribution in [0.2, 0.25) is 5.28 Å². The monoisotopic (exact) mass is 376 g/mol. The van der Waals surface area contributed by atoms with Crippen molar-refractivity contribution in [3.8, 4) is 0 Å². The summed E-state index contributed by atoms with van der Waals surface area (Å²) in [5, 5.41) is 17.8. The Balaban J connectivity index is 1.66. The molecule has 1 aliphatic carbocycles. The number of nitrogens with zero attached hydrogens (tertiary/aromatic N) is 6. The second-order valence-electron chi connectivity index (χ2n) is 7.97. The van der Waals surface area contributed by atoms with E-state index in [-0.39, 0.29) is 18.1 Å². The summed E-state index contributed by atoms with van der Waals surface area (Å²) in [5.74, 6) is 0.986. The molecule has 2 aromatic heterocycles. The first-order chi connectivity index (χ1) is 12.5. The van der Waals surface area contributed by atoms with E-state index in [2.05, 4.69) is 39.0 Å². The molecule has 0 radical (unpaired) electrons. The molecule has 2 aliphatic rings. The van der Waals surface area contributed by atoms with E-state index in [4.69, 9.17) is 11.6 Å². The Labute approximate surface area is 158 Å². The molecule has 8 heteroatoms. The topological polar surface area (TPSA) is 80.0 Å². The number of aliphatic hydroxyl groups excluding tert-OH is 1. The van der Waals surface area contributed by atoms with Gasteiger partial charge in [0.15, 0.2) is 0 Å². The van der Waals surface area contributed by atoms with E-state index in [0.717, 1.165) is 56.7 Å². The van der Waals surface area contributed by atoms with E-state index in [1.54, 1.807) is 0 Å². The smallest absolute Gasteiger partial charge is 0.224 e. The van der Waals surface area contributed by atoms with Crippen molar-refractivity contribution in [3.63, 3.8) is 0 Å². The summed E-state index contributed by atoms with van der Waals surface area (Å²) in [6.45, 7) is 6.17. The van der Waals surface area contributed by atoms with Crippen LogP contribution in [-0.4, -0.2) is 43.2 Å². The molecule has 7 nitrogen and oxygen atoms in total. The van der Waals surface area contributed by atoms with Gasteiger partial charge in [0.25, 0.3) is 0 Å². The van der Waals surface area contributed by atoms with Crippen LogP contribution in [0, 0.1) is 0 Å². The average Bonchev–Trinajstić information content (AvgIpc) is 3.11. The highest BCUT2D eigenvalue weighted by molar-refractivity contribution is 6.28. The van der Waals surface area contributed by atoms with Crippen molar-refractivity contribution in [1.29, 1.82) is 0 Å². The van der Waals surface area contributed by atoms with E-state index >= 15 is 0 Å². The van der Waals surface area contributed by atoms with Crippen molar-refractivity contribution >= 4 is 17.4 Å². The van der Waals surface area contributed by atoms with E-state index in [0.29, 0.717) is 11.0 Å². The van der Waals surface area contributed by atoms with Gasteiger partial charge >= 0.3 is 0 Å². The lowest BCUT2D eigenvalue weighted by molar-refractivity contribution is 0.276. The van der Waals surface area contributed by atoms with Gasteiger partial charge in [-0.05, 0) is 43.7 Å². The van der Waals surface area contributed by atoms with Gasteiger partial charge < -0.3 is 10.0 Å². The molecule has 3 heterocycles. The lowest BCUT2D eigenvalue weighted by Gasteiger charge is -2.38. The molecule has 0 bridgehead atoms. The third kappa shape index (κ3) is 3.18. The lowest BCUT2D eigenvalue weighted by atomic mass is 9.76. The summed E-state index contributed by atoms with van der Waals surface area (Å²) >= 11 is 6.30. The van der Waals surface area contributed by atoms with E-state index < -0.39 is 0 Å². The zero-order valence-corrected chi connectivity index (χ0v) is 16.1. The van der Waals surface area contributed by atoms with Gasteiger partial charge in [0.1, 0.15) is 11.5 Å². The fourth-order valence-electron chi connectivity index (χ4n) is 4.25. The third-order valence-corrected chi connectivity index (χ3v) is 5.79. The molecule has 1 saturated heterocycles. The highest BCUT2D eigenvalue weighted by Gasteiger charge is 2.34. The third-order valence-electron chi connectivity index (χ3n) is 5.62. The molecule has 2 aromatic rings. The Bertz CT molecular complexity index is 805. The molecular formula is C18H25ClN6O. The summed E-state index contributed by atoms with van der Waals surface area (Å²) in [6, 6.07) is 0.220. The highest BCUT2D eigenvalue weighted by atomic mass is 35.5. The quantitative estimate of drug-likeness (QED) is 0.829. The van der Waals surface area contributed by atoms with Crippen molar-refractivity contribution in [2.24, 2.45) is 0 Å². The molecule has 1 unspecified atom stereocenters. The zero-order valence-electron chi connectivity index (χ0n) is 15.3. The summed E-state index contributed by atoms with van der Waals surface area (Å²) in [7, 11) is 0. The number of hydrogen-bond donors (Lipinski definition) is 1. The van der Waals surface area contributed by atoms with Crippen LogP contribution >= 0.6 is 11.6 Å². The van der Waals surface area contributed by atoms with Gasteiger partial charge in [0.2, 0.25) is 5.28 Å². The van der Waals surface area contributed by atoms with Gasteiger partial charge in [-0.1, -0.05) is 19.1 Å². The van der Waals surface area contributed by atoms with Crippen molar-refractivity contribution in [1.82, 2.24) is 25.0 Å². The SMILES string of the molecule is CC1(C)CCCc2c(N3CCCC(n4cc(CO)nn4)C3)nc(Cl)nc21. The number of hydrogen-bond acceptors (Lipinski definition) is 6. The standard InChI is InChI=1S/C18H25ClN6O/c1-18(2)7-3-6-14-15(18)20-17(19)21-16(14)24-8-4-5-13(10-24)25-9-12(11-26)22-23-25/h9,13,26H,3-8,10-11H2,1-2H3. The van der Waals surface area contributed by atoms with Crippen LogP contribution in [0.4, 0.5) is 5.82 Å². The van der Waals surface area contributed by atoms with Crippen LogP contribution < -0.4 is 4.90 Å². The number of anilines is 1. The molecule has 1 N–H and O–H groups in total. The van der Waals surface area contributed by atoms with Gasteiger partial charge in [-0.25, -0.2) is 14.6 Å². The Hall–Kier alpha value is -1.73. The molecule has 1 aliphatic heterocycles. The van der Waals surface area contributed by atoms with Gasteiger partial charge in [0.05, 0.1) is 24.5 Å². The zero-order chi connectivity index (χ0) is 18.3. The van der Waals surface area contributed by atoms with Gasteiger partial charge in [-0.15, -0.1) is 5.10 Å². The van der Waals surface area contributed by atoms with Crippen molar-refractivity contribution < 1.29 is 5.11 Å². The van der Waals surface area contributed by atoms with Crippen molar-refractivity contribution in [2.45, 2.75) is 64.0 Å². The van der Waals surface area contributed by atoms with Crippen LogP contribution in [0.15, 0.2) is 6.20 Å². The minimum atomic E-state index is -0.0828. The molecule has 0 saturated carbocycles. The largest absolute Gasteiger partial charge is 0.390 e. The maximum Gasteiger partial charge on any atom is 0.224 e. The van der Waals surface area contributed by atoms with Crippen LogP contribution in [-0.2, 0) is 18.4 Å². The Kier molecular flexibility index (Phi) is 4.61. The molecule has 0 spiro atoms.